The summed E-state index contributed by atoms with van der Waals surface area (Å²) in [6.07, 6.45) is -0.971. The van der Waals surface area contributed by atoms with Crippen molar-refractivity contribution in [1.29, 1.82) is 0 Å². The Kier molecular flexibility index (Phi) is 14.4. The van der Waals surface area contributed by atoms with Gasteiger partial charge in [0.05, 0.1) is 15.6 Å². The maximum Gasteiger partial charge on any atom is 0.410 e. The quantitative estimate of drug-likeness (QED) is 0.429. The molecule has 0 atom stereocenters. The van der Waals surface area contributed by atoms with Crippen molar-refractivity contribution in [2.45, 2.75) is 62.5 Å². The predicted octanol–water partition coefficient (Wildman–Crippen LogP) is 4.56. The number of rotatable bonds is 6. The highest BCUT2D eigenvalue weighted by Gasteiger charge is 2.35. The average Bonchev–Trinajstić information content (AvgIpc) is 3.07. The van der Waals surface area contributed by atoms with Crippen LogP contribution < -0.4 is 0 Å². The first-order valence-corrected chi connectivity index (χ1v) is 20.4. The van der Waals surface area contributed by atoms with Gasteiger partial charge in [0.2, 0.25) is 20.0 Å². The molecule has 0 unspecified atom stereocenters. The summed E-state index contributed by atoms with van der Waals surface area (Å²) in [5, 5.41) is 9.05. The van der Waals surface area contributed by atoms with Crippen LogP contribution in [0.3, 0.4) is 0 Å². The van der Waals surface area contributed by atoms with Gasteiger partial charge in [0.25, 0.3) is 5.91 Å². The molecule has 16 nitrogen and oxygen atoms in total. The van der Waals surface area contributed by atoms with E-state index in [0.29, 0.717) is 0 Å². The second kappa shape index (κ2) is 17.4. The summed E-state index contributed by atoms with van der Waals surface area (Å²) in [7, 11) is -4.71. The van der Waals surface area contributed by atoms with Crippen LogP contribution in [0.4, 0.5) is 9.59 Å². The molecule has 0 radical (unpaired) electrons. The number of nitrogens with zero attached hydrogens (tertiary/aromatic N) is 5. The van der Waals surface area contributed by atoms with Gasteiger partial charge in [-0.2, -0.15) is 8.61 Å². The van der Waals surface area contributed by atoms with Crippen molar-refractivity contribution in [2.75, 3.05) is 66.5 Å². The van der Waals surface area contributed by atoms with Gasteiger partial charge in [0, 0.05) is 72.0 Å². The van der Waals surface area contributed by atoms with E-state index in [1.807, 2.05) is 0 Å². The molecule has 2 heterocycles. The van der Waals surface area contributed by atoms with Crippen LogP contribution in [0.15, 0.2) is 46.2 Å². The van der Waals surface area contributed by atoms with Gasteiger partial charge >= 0.3 is 18.2 Å². The Morgan fingerprint density at radius 2 is 0.963 bits per heavy atom. The molecular formula is C34H47Cl2N5O11S2. The minimum absolute atomic E-state index is 0.0462. The van der Waals surface area contributed by atoms with Gasteiger partial charge in [-0.15, -0.1) is 0 Å². The number of carbonyl (C=O) groups is 4. The van der Waals surface area contributed by atoms with Crippen LogP contribution in [-0.2, 0) is 29.5 Å². The summed E-state index contributed by atoms with van der Waals surface area (Å²) in [4.78, 5) is 51.4. The minimum Gasteiger partial charge on any atom is -0.478 e. The number of hydrogen-bond acceptors (Lipinski definition) is 10. The number of piperazine rings is 2. The largest absolute Gasteiger partial charge is 0.478 e. The zero-order valence-electron chi connectivity index (χ0n) is 31.5. The van der Waals surface area contributed by atoms with Crippen molar-refractivity contribution in [1.82, 2.24) is 23.3 Å². The van der Waals surface area contributed by atoms with E-state index in [0.717, 1.165) is 6.07 Å². The van der Waals surface area contributed by atoms with E-state index in [1.165, 1.54) is 53.6 Å². The van der Waals surface area contributed by atoms with Crippen LogP contribution in [0.5, 0.6) is 0 Å². The molecule has 2 fully saturated rings. The molecule has 4 rings (SSSR count). The first-order valence-electron chi connectivity index (χ1n) is 16.7. The minimum atomic E-state index is -3.97. The van der Waals surface area contributed by atoms with Crippen molar-refractivity contribution in [3.05, 3.63) is 57.6 Å². The van der Waals surface area contributed by atoms with E-state index in [4.69, 9.17) is 37.8 Å². The Labute approximate surface area is 326 Å². The van der Waals surface area contributed by atoms with Crippen LogP contribution in [0.25, 0.3) is 0 Å². The third-order valence-electron chi connectivity index (χ3n) is 7.78. The van der Waals surface area contributed by atoms with Crippen LogP contribution in [-0.4, -0.2) is 147 Å². The lowest BCUT2D eigenvalue weighted by atomic mass is 10.2. The second-order valence-corrected chi connectivity index (χ2v) is 19.2. The topological polar surface area (TPSA) is 191 Å². The number of sulfonamides is 2. The fourth-order valence-corrected chi connectivity index (χ4v) is 8.92. The molecule has 2 aliphatic heterocycles. The SMILES string of the molecule is CC(C)(C)OC(=O)N1CCN(S(=O)(=O)c2cc(C(=O)O)ccc2Cl)CC1.CN(C)C(=O)c1ccc(Cl)c(S(=O)(=O)N2CCN(C(=O)OC(C)(C)C)CC2)c1. The molecule has 2 saturated heterocycles. The van der Waals surface area contributed by atoms with E-state index in [-0.39, 0.29) is 89.2 Å². The van der Waals surface area contributed by atoms with Gasteiger partial charge in [-0.05, 0) is 77.9 Å². The smallest absolute Gasteiger partial charge is 0.410 e. The van der Waals surface area contributed by atoms with Crippen LogP contribution in [0.2, 0.25) is 10.0 Å². The molecule has 2 aromatic rings. The van der Waals surface area contributed by atoms with E-state index in [9.17, 15) is 36.0 Å². The first kappa shape index (κ1) is 44.7. The number of ether oxygens (including phenoxy) is 2. The van der Waals surface area contributed by atoms with Gasteiger partial charge in [-0.1, -0.05) is 23.2 Å². The molecule has 0 aliphatic carbocycles. The first-order chi connectivity index (χ1) is 24.7. The Morgan fingerprint density at radius 3 is 1.28 bits per heavy atom. The van der Waals surface area contributed by atoms with Crippen molar-refractivity contribution >= 4 is 67.3 Å². The van der Waals surface area contributed by atoms with Crippen molar-refractivity contribution in [3.8, 4) is 0 Å². The highest BCUT2D eigenvalue weighted by molar-refractivity contribution is 7.89. The van der Waals surface area contributed by atoms with Gasteiger partial charge in [-0.25, -0.2) is 31.2 Å². The van der Waals surface area contributed by atoms with E-state index >= 15 is 0 Å². The number of carbonyl (C=O) groups excluding carboxylic acids is 3. The van der Waals surface area contributed by atoms with Gasteiger partial charge in [-0.3, -0.25) is 4.79 Å². The lowest BCUT2D eigenvalue weighted by molar-refractivity contribution is 0.0183. The molecule has 20 heteroatoms. The Bertz CT molecular complexity index is 1950. The van der Waals surface area contributed by atoms with Gasteiger partial charge in [0.1, 0.15) is 21.0 Å². The standard InChI is InChI=1S/C18H26ClN3O5S.C16H21ClN2O6S/c1-18(2,3)27-17(24)21-8-10-22(11-9-21)28(25,26)15-12-13(6-7-14(15)19)16(23)20(4)5;1-16(2,3)25-15(22)18-6-8-19(9-7-18)26(23,24)13-10-11(14(20)21)4-5-12(13)17/h6-7,12H,8-11H2,1-5H3;4-5,10H,6-9H2,1-3H3,(H,20,21). The lowest BCUT2D eigenvalue weighted by Gasteiger charge is -2.35. The molecule has 2 aromatic carbocycles. The van der Waals surface area contributed by atoms with Crippen molar-refractivity contribution < 1.29 is 50.6 Å². The summed E-state index contributed by atoms with van der Waals surface area (Å²) in [6, 6.07) is 7.71. The molecule has 54 heavy (non-hydrogen) atoms. The highest BCUT2D eigenvalue weighted by Crippen LogP contribution is 2.29. The molecule has 0 aromatic heterocycles. The summed E-state index contributed by atoms with van der Waals surface area (Å²) in [5.41, 5.74) is -1.18. The van der Waals surface area contributed by atoms with E-state index in [2.05, 4.69) is 0 Å². The number of benzene rings is 2. The number of hydrogen-bond donors (Lipinski definition) is 1. The zero-order valence-corrected chi connectivity index (χ0v) is 34.6. The Hall–Kier alpha value is -3.68. The fraction of sp³-hybridized carbons (Fsp3) is 0.529. The predicted molar refractivity (Wildman–Crippen MR) is 201 cm³/mol. The molecule has 3 amide bonds. The van der Waals surface area contributed by atoms with Gasteiger partial charge < -0.3 is 29.3 Å². The summed E-state index contributed by atoms with van der Waals surface area (Å²) < 4.78 is 64.7. The van der Waals surface area contributed by atoms with Crippen LogP contribution >= 0.6 is 23.2 Å². The average molecular weight is 837 g/mol. The monoisotopic (exact) mass is 835 g/mol. The zero-order chi connectivity index (χ0) is 41.0. The number of carboxylic acids is 1. The summed E-state index contributed by atoms with van der Waals surface area (Å²) in [6.45, 7) is 11.7. The summed E-state index contributed by atoms with van der Waals surface area (Å²) >= 11 is 12.1. The normalized spacial score (nSPS) is 16.2. The molecule has 0 saturated carbocycles. The Morgan fingerprint density at radius 1 is 0.630 bits per heavy atom. The van der Waals surface area contributed by atoms with Crippen molar-refractivity contribution in [2.24, 2.45) is 0 Å². The van der Waals surface area contributed by atoms with E-state index in [1.54, 1.807) is 55.6 Å². The van der Waals surface area contributed by atoms with Crippen LogP contribution in [0.1, 0.15) is 62.3 Å². The fourth-order valence-electron chi connectivity index (χ4n) is 5.08. The third kappa shape index (κ3) is 11.7. The lowest BCUT2D eigenvalue weighted by Crippen LogP contribution is -2.51. The second-order valence-electron chi connectivity index (χ2n) is 14.5. The molecule has 300 valence electrons. The number of amides is 3. The van der Waals surface area contributed by atoms with Gasteiger partial charge in [0.15, 0.2) is 0 Å². The number of carboxylic acid groups (broad SMARTS) is 1. The highest BCUT2D eigenvalue weighted by atomic mass is 35.5. The molecule has 0 bridgehead atoms. The molecule has 2 aliphatic rings. The maximum atomic E-state index is 13.0. The molecule has 0 spiro atoms. The third-order valence-corrected chi connectivity index (χ3v) is 12.5. The number of halogens is 2. The molecular weight excluding hydrogens is 789 g/mol. The van der Waals surface area contributed by atoms with E-state index < -0.39 is 49.4 Å². The van der Waals surface area contributed by atoms with Crippen LogP contribution in [0, 0.1) is 0 Å². The van der Waals surface area contributed by atoms with Crippen molar-refractivity contribution in [3.63, 3.8) is 0 Å². The number of aromatic carboxylic acids is 1. The molecule has 1 N–H and O–H groups in total. The summed E-state index contributed by atoms with van der Waals surface area (Å²) in [5.74, 6) is -1.56. The Balaban J connectivity index is 0.000000291. The maximum absolute atomic E-state index is 13.0.